The number of urea groups is 1. The second-order valence-corrected chi connectivity index (χ2v) is 8.63. The summed E-state index contributed by atoms with van der Waals surface area (Å²) in [4.78, 5) is 12.0. The smallest absolute Gasteiger partial charge is 0.335 e. The molecule has 2 N–H and O–H groups in total. The second-order valence-electron chi connectivity index (χ2n) is 6.64. The standard InChI is InChI=1S/C14H24F3N3O3S/c1-24(22,23)20-8-6-12(7-9-20)19-13(21)18-11-4-2-10(3-5-11)14(15,16)17/h10-12H,2-9H2,1H3,(H2,18,19,21). The molecule has 2 amide bonds. The van der Waals surface area contributed by atoms with E-state index in [9.17, 15) is 26.4 Å². The first-order valence-corrected chi connectivity index (χ1v) is 9.99. The topological polar surface area (TPSA) is 78.5 Å². The summed E-state index contributed by atoms with van der Waals surface area (Å²) in [6.45, 7) is 0.723. The van der Waals surface area contributed by atoms with Crippen LogP contribution in [0.4, 0.5) is 18.0 Å². The molecule has 1 saturated carbocycles. The molecule has 1 heterocycles. The number of rotatable bonds is 3. The number of sulfonamides is 1. The maximum atomic E-state index is 12.6. The Labute approximate surface area is 140 Å². The van der Waals surface area contributed by atoms with Crippen molar-refractivity contribution in [3.63, 3.8) is 0 Å². The highest BCUT2D eigenvalue weighted by Gasteiger charge is 2.41. The Bertz CT molecular complexity index is 537. The molecule has 6 nitrogen and oxygen atoms in total. The molecule has 0 radical (unpaired) electrons. The summed E-state index contributed by atoms with van der Waals surface area (Å²) in [6.07, 6.45) is -1.20. The molecule has 0 atom stereocenters. The van der Waals surface area contributed by atoms with Crippen LogP contribution in [0.3, 0.4) is 0 Å². The van der Waals surface area contributed by atoms with Gasteiger partial charge in [0, 0.05) is 25.2 Å². The fourth-order valence-electron chi connectivity index (χ4n) is 3.31. The highest BCUT2D eigenvalue weighted by atomic mass is 32.2. The minimum absolute atomic E-state index is 0.0429. The van der Waals surface area contributed by atoms with Crippen molar-refractivity contribution in [3.05, 3.63) is 0 Å². The summed E-state index contributed by atoms with van der Waals surface area (Å²) >= 11 is 0. The van der Waals surface area contributed by atoms with Crippen LogP contribution in [0.5, 0.6) is 0 Å². The molecule has 0 unspecified atom stereocenters. The molecule has 10 heteroatoms. The molecule has 0 aromatic heterocycles. The fourth-order valence-corrected chi connectivity index (χ4v) is 4.18. The third-order valence-corrected chi connectivity index (χ3v) is 6.09. The van der Waals surface area contributed by atoms with Crippen molar-refractivity contribution in [3.8, 4) is 0 Å². The average molecular weight is 371 g/mol. The molecule has 0 spiro atoms. The molecule has 2 rings (SSSR count). The predicted molar refractivity (Wildman–Crippen MR) is 82.9 cm³/mol. The number of piperidine rings is 1. The molecular formula is C14H24F3N3O3S. The minimum Gasteiger partial charge on any atom is -0.335 e. The molecule has 0 aromatic carbocycles. The van der Waals surface area contributed by atoms with E-state index in [0.29, 0.717) is 38.8 Å². The Balaban J connectivity index is 1.70. The second kappa shape index (κ2) is 7.47. The van der Waals surface area contributed by atoms with Gasteiger partial charge in [-0.3, -0.25) is 0 Å². The zero-order chi connectivity index (χ0) is 18.0. The largest absolute Gasteiger partial charge is 0.391 e. The number of carbonyl (C=O) groups is 1. The van der Waals surface area contributed by atoms with E-state index < -0.39 is 22.1 Å². The van der Waals surface area contributed by atoms with E-state index in [2.05, 4.69) is 10.6 Å². The third kappa shape index (κ3) is 5.51. The Morgan fingerprint density at radius 1 is 0.958 bits per heavy atom. The average Bonchev–Trinajstić information content (AvgIpc) is 2.46. The molecule has 2 fully saturated rings. The van der Waals surface area contributed by atoms with Gasteiger partial charge in [-0.2, -0.15) is 13.2 Å². The van der Waals surface area contributed by atoms with E-state index in [0.717, 1.165) is 6.26 Å². The highest BCUT2D eigenvalue weighted by Crippen LogP contribution is 2.37. The van der Waals surface area contributed by atoms with Crippen molar-refractivity contribution >= 4 is 16.1 Å². The van der Waals surface area contributed by atoms with Crippen LogP contribution >= 0.6 is 0 Å². The molecular weight excluding hydrogens is 347 g/mol. The number of alkyl halides is 3. The van der Waals surface area contributed by atoms with Gasteiger partial charge < -0.3 is 10.6 Å². The fraction of sp³-hybridized carbons (Fsp3) is 0.929. The van der Waals surface area contributed by atoms with E-state index in [1.54, 1.807) is 0 Å². The summed E-state index contributed by atoms with van der Waals surface area (Å²) in [6, 6.07) is -0.738. The van der Waals surface area contributed by atoms with Crippen LogP contribution < -0.4 is 10.6 Å². The molecule has 1 aliphatic carbocycles. The maximum absolute atomic E-state index is 12.6. The van der Waals surface area contributed by atoms with Crippen molar-refractivity contribution in [1.29, 1.82) is 0 Å². The van der Waals surface area contributed by atoms with E-state index >= 15 is 0 Å². The van der Waals surface area contributed by atoms with Crippen LogP contribution in [0.25, 0.3) is 0 Å². The number of amides is 2. The van der Waals surface area contributed by atoms with Crippen molar-refractivity contribution in [2.45, 2.75) is 56.8 Å². The lowest BCUT2D eigenvalue weighted by Crippen LogP contribution is -2.51. The molecule has 24 heavy (non-hydrogen) atoms. The Morgan fingerprint density at radius 2 is 1.42 bits per heavy atom. The van der Waals surface area contributed by atoms with Gasteiger partial charge in [0.05, 0.1) is 12.2 Å². The van der Waals surface area contributed by atoms with Crippen molar-refractivity contribution in [1.82, 2.24) is 14.9 Å². The minimum atomic E-state index is -4.15. The van der Waals surface area contributed by atoms with Crippen LogP contribution in [0.2, 0.25) is 0 Å². The van der Waals surface area contributed by atoms with Gasteiger partial charge >= 0.3 is 12.2 Å². The number of halogens is 3. The van der Waals surface area contributed by atoms with Crippen molar-refractivity contribution < 1.29 is 26.4 Å². The molecule has 2 aliphatic rings. The number of carbonyl (C=O) groups excluding carboxylic acids is 1. The van der Waals surface area contributed by atoms with E-state index in [1.165, 1.54) is 4.31 Å². The lowest BCUT2D eigenvalue weighted by Gasteiger charge is -2.32. The summed E-state index contributed by atoms with van der Waals surface area (Å²) < 4.78 is 62.0. The van der Waals surface area contributed by atoms with Gasteiger partial charge in [0.1, 0.15) is 0 Å². The van der Waals surface area contributed by atoms with Crippen LogP contribution in [0.15, 0.2) is 0 Å². The Kier molecular flexibility index (Phi) is 6.00. The first-order valence-electron chi connectivity index (χ1n) is 8.14. The number of hydrogen-bond donors (Lipinski definition) is 2. The van der Waals surface area contributed by atoms with Crippen LogP contribution in [0, 0.1) is 5.92 Å². The summed E-state index contributed by atoms with van der Waals surface area (Å²) in [7, 11) is -3.20. The summed E-state index contributed by atoms with van der Waals surface area (Å²) in [5, 5.41) is 5.52. The Morgan fingerprint density at radius 3 is 1.83 bits per heavy atom. The van der Waals surface area contributed by atoms with Gasteiger partial charge in [-0.05, 0) is 38.5 Å². The molecule has 1 saturated heterocycles. The zero-order valence-corrected chi connectivity index (χ0v) is 14.4. The lowest BCUT2D eigenvalue weighted by atomic mass is 9.85. The summed E-state index contributed by atoms with van der Waals surface area (Å²) in [5.41, 5.74) is 0. The summed E-state index contributed by atoms with van der Waals surface area (Å²) in [5.74, 6) is -1.26. The number of nitrogens with one attached hydrogen (secondary N) is 2. The zero-order valence-electron chi connectivity index (χ0n) is 13.6. The van der Waals surface area contributed by atoms with E-state index in [4.69, 9.17) is 0 Å². The monoisotopic (exact) mass is 371 g/mol. The van der Waals surface area contributed by atoms with Crippen molar-refractivity contribution in [2.75, 3.05) is 19.3 Å². The third-order valence-electron chi connectivity index (χ3n) is 4.78. The first kappa shape index (κ1) is 19.3. The maximum Gasteiger partial charge on any atom is 0.391 e. The SMILES string of the molecule is CS(=O)(=O)N1CCC(NC(=O)NC2CCC(C(F)(F)F)CC2)CC1. The van der Waals surface area contributed by atoms with Gasteiger partial charge in [-0.25, -0.2) is 17.5 Å². The van der Waals surface area contributed by atoms with Crippen LogP contribution in [-0.4, -0.2) is 56.4 Å². The molecule has 140 valence electrons. The van der Waals surface area contributed by atoms with E-state index in [1.807, 2.05) is 0 Å². The predicted octanol–water partition coefficient (Wildman–Crippen LogP) is 1.83. The van der Waals surface area contributed by atoms with Gasteiger partial charge in [-0.15, -0.1) is 0 Å². The molecule has 0 aromatic rings. The van der Waals surface area contributed by atoms with Gasteiger partial charge in [0.25, 0.3) is 0 Å². The Hall–Kier alpha value is -1.03. The normalized spacial score (nSPS) is 27.7. The van der Waals surface area contributed by atoms with Crippen molar-refractivity contribution in [2.24, 2.45) is 5.92 Å². The van der Waals surface area contributed by atoms with Gasteiger partial charge in [0.2, 0.25) is 10.0 Å². The van der Waals surface area contributed by atoms with Gasteiger partial charge in [0.15, 0.2) is 0 Å². The van der Waals surface area contributed by atoms with Crippen LogP contribution in [-0.2, 0) is 10.0 Å². The highest BCUT2D eigenvalue weighted by molar-refractivity contribution is 7.88. The molecule has 1 aliphatic heterocycles. The number of hydrogen-bond acceptors (Lipinski definition) is 3. The quantitative estimate of drug-likeness (QED) is 0.795. The molecule has 0 bridgehead atoms. The van der Waals surface area contributed by atoms with Crippen LogP contribution in [0.1, 0.15) is 38.5 Å². The lowest BCUT2D eigenvalue weighted by molar-refractivity contribution is -0.182. The number of nitrogens with zero attached hydrogens (tertiary/aromatic N) is 1. The van der Waals surface area contributed by atoms with E-state index in [-0.39, 0.29) is 31.0 Å². The first-order chi connectivity index (χ1) is 11.1. The van der Waals surface area contributed by atoms with Gasteiger partial charge in [-0.1, -0.05) is 0 Å².